The molecule has 4 nitrogen and oxygen atoms in total. The summed E-state index contributed by atoms with van der Waals surface area (Å²) >= 11 is 1.28. The molecule has 0 fully saturated rings. The molecule has 1 atom stereocenters. The lowest BCUT2D eigenvalue weighted by Crippen LogP contribution is -2.49. The average molecular weight is 312 g/mol. The molecule has 3 rings (SSSR count). The second kappa shape index (κ2) is 5.50. The normalized spacial score (nSPS) is 20.0. The van der Waals surface area contributed by atoms with Crippen LogP contribution in [0.15, 0.2) is 53.4 Å². The maximum Gasteiger partial charge on any atom is 0.250 e. The number of carbonyl (C=O) groups is 2. The first kappa shape index (κ1) is 14.7. The number of thioether (sulfide) groups is 1. The predicted molar refractivity (Wildman–Crippen MR) is 89.1 cm³/mol. The Morgan fingerprint density at radius 1 is 1.14 bits per heavy atom. The number of anilines is 2. The summed E-state index contributed by atoms with van der Waals surface area (Å²) in [5.41, 5.74) is 2.43. The number of fused-ring (bicyclic) bond motifs is 1. The van der Waals surface area contributed by atoms with Crippen molar-refractivity contribution in [1.29, 1.82) is 0 Å². The fourth-order valence-corrected chi connectivity index (χ4v) is 3.37. The van der Waals surface area contributed by atoms with Gasteiger partial charge in [0.25, 0.3) is 0 Å². The lowest BCUT2D eigenvalue weighted by atomic mass is 10.1. The zero-order valence-corrected chi connectivity index (χ0v) is 13.2. The Morgan fingerprint density at radius 3 is 2.59 bits per heavy atom. The van der Waals surface area contributed by atoms with Crippen molar-refractivity contribution in [1.82, 2.24) is 0 Å². The van der Waals surface area contributed by atoms with Crippen LogP contribution in [0.3, 0.4) is 0 Å². The predicted octanol–water partition coefficient (Wildman–Crippen LogP) is 3.44. The third-order valence-corrected chi connectivity index (χ3v) is 5.06. The standard InChI is InChI=1S/C17H16N2O2S/c1-11-7-3-4-8-12(11)18-15(20)17(2)16(21)19-13-9-5-6-10-14(13)22-17/h3-10H,1-2H3,(H,18,20)(H,19,21). The fraction of sp³-hybridized carbons (Fsp3) is 0.176. The van der Waals surface area contributed by atoms with Crippen molar-refractivity contribution in [2.75, 3.05) is 10.6 Å². The highest BCUT2D eigenvalue weighted by molar-refractivity contribution is 8.02. The highest BCUT2D eigenvalue weighted by atomic mass is 32.2. The van der Waals surface area contributed by atoms with E-state index in [1.807, 2.05) is 55.5 Å². The van der Waals surface area contributed by atoms with E-state index in [0.717, 1.165) is 21.8 Å². The van der Waals surface area contributed by atoms with Crippen LogP contribution in [-0.4, -0.2) is 16.6 Å². The molecule has 2 aromatic carbocycles. The molecule has 2 aromatic rings. The summed E-state index contributed by atoms with van der Waals surface area (Å²) in [6.07, 6.45) is 0. The number of benzene rings is 2. The zero-order valence-electron chi connectivity index (χ0n) is 12.3. The third-order valence-electron chi connectivity index (χ3n) is 3.71. The van der Waals surface area contributed by atoms with Crippen molar-refractivity contribution in [2.24, 2.45) is 0 Å². The van der Waals surface area contributed by atoms with Crippen molar-refractivity contribution >= 4 is 35.0 Å². The van der Waals surface area contributed by atoms with Gasteiger partial charge in [-0.2, -0.15) is 0 Å². The first-order valence-corrected chi connectivity index (χ1v) is 7.79. The SMILES string of the molecule is Cc1ccccc1NC(=O)C1(C)Sc2ccccc2NC1=O. The number of nitrogens with one attached hydrogen (secondary N) is 2. The lowest BCUT2D eigenvalue weighted by molar-refractivity contribution is -0.126. The van der Waals surface area contributed by atoms with Gasteiger partial charge in [0.15, 0.2) is 4.75 Å². The van der Waals surface area contributed by atoms with Gasteiger partial charge in [0.2, 0.25) is 11.8 Å². The van der Waals surface area contributed by atoms with Crippen LogP contribution in [0.2, 0.25) is 0 Å². The molecule has 112 valence electrons. The second-order valence-corrected chi connectivity index (χ2v) is 6.82. The Bertz CT molecular complexity index is 760. The molecule has 1 heterocycles. The summed E-state index contributed by atoms with van der Waals surface area (Å²) in [6, 6.07) is 15.0. The molecule has 2 N–H and O–H groups in total. The summed E-state index contributed by atoms with van der Waals surface area (Å²) in [6.45, 7) is 3.57. The van der Waals surface area contributed by atoms with E-state index < -0.39 is 4.75 Å². The van der Waals surface area contributed by atoms with Gasteiger partial charge in [0.05, 0.1) is 5.69 Å². The number of carbonyl (C=O) groups excluding carboxylic acids is 2. The smallest absolute Gasteiger partial charge is 0.250 e. The number of amides is 2. The summed E-state index contributed by atoms with van der Waals surface area (Å²) in [7, 11) is 0. The van der Waals surface area contributed by atoms with E-state index in [-0.39, 0.29) is 11.8 Å². The maximum absolute atomic E-state index is 12.7. The summed E-state index contributed by atoms with van der Waals surface area (Å²) in [4.78, 5) is 26.0. The Labute approximate surface area is 133 Å². The molecule has 0 bridgehead atoms. The monoisotopic (exact) mass is 312 g/mol. The molecular weight excluding hydrogens is 296 g/mol. The third kappa shape index (κ3) is 2.48. The Balaban J connectivity index is 1.89. The fourth-order valence-electron chi connectivity index (χ4n) is 2.27. The molecule has 1 unspecified atom stereocenters. The van der Waals surface area contributed by atoms with E-state index in [2.05, 4.69) is 10.6 Å². The van der Waals surface area contributed by atoms with Gasteiger partial charge in [-0.3, -0.25) is 9.59 Å². The average Bonchev–Trinajstić information content (AvgIpc) is 2.50. The van der Waals surface area contributed by atoms with Crippen LogP contribution in [0.5, 0.6) is 0 Å². The molecule has 1 aliphatic heterocycles. The summed E-state index contributed by atoms with van der Waals surface area (Å²) in [5, 5.41) is 5.67. The molecule has 0 radical (unpaired) electrons. The van der Waals surface area contributed by atoms with Crippen molar-refractivity contribution in [2.45, 2.75) is 23.5 Å². The molecule has 0 aliphatic carbocycles. The number of rotatable bonds is 2. The number of hydrogen-bond donors (Lipinski definition) is 2. The quantitative estimate of drug-likeness (QED) is 0.835. The lowest BCUT2D eigenvalue weighted by Gasteiger charge is -2.31. The van der Waals surface area contributed by atoms with E-state index in [1.165, 1.54) is 11.8 Å². The van der Waals surface area contributed by atoms with Crippen LogP contribution in [0.4, 0.5) is 11.4 Å². The minimum atomic E-state index is -1.20. The van der Waals surface area contributed by atoms with Gasteiger partial charge >= 0.3 is 0 Å². The van der Waals surface area contributed by atoms with E-state index >= 15 is 0 Å². The first-order chi connectivity index (χ1) is 10.5. The highest BCUT2D eigenvalue weighted by Crippen LogP contribution is 2.42. The molecule has 5 heteroatoms. The van der Waals surface area contributed by atoms with Crippen LogP contribution in [0.25, 0.3) is 0 Å². The molecule has 0 saturated carbocycles. The Kier molecular flexibility index (Phi) is 3.66. The molecule has 22 heavy (non-hydrogen) atoms. The van der Waals surface area contributed by atoms with E-state index in [0.29, 0.717) is 0 Å². The van der Waals surface area contributed by atoms with Crippen LogP contribution in [0.1, 0.15) is 12.5 Å². The van der Waals surface area contributed by atoms with E-state index in [1.54, 1.807) is 6.92 Å². The molecule has 0 spiro atoms. The second-order valence-electron chi connectivity index (χ2n) is 5.35. The van der Waals surface area contributed by atoms with Crippen molar-refractivity contribution in [3.63, 3.8) is 0 Å². The van der Waals surface area contributed by atoms with Crippen molar-refractivity contribution in [3.8, 4) is 0 Å². The van der Waals surface area contributed by atoms with Crippen molar-refractivity contribution < 1.29 is 9.59 Å². The largest absolute Gasteiger partial charge is 0.324 e. The van der Waals surface area contributed by atoms with E-state index in [4.69, 9.17) is 0 Å². The molecule has 1 aliphatic rings. The van der Waals surface area contributed by atoms with Gasteiger partial charge in [0, 0.05) is 10.6 Å². The molecule has 0 saturated heterocycles. The Hall–Kier alpha value is -2.27. The maximum atomic E-state index is 12.7. The van der Waals surface area contributed by atoms with Crippen LogP contribution in [-0.2, 0) is 9.59 Å². The topological polar surface area (TPSA) is 58.2 Å². The van der Waals surface area contributed by atoms with Gasteiger partial charge in [0.1, 0.15) is 0 Å². The van der Waals surface area contributed by atoms with Crippen LogP contribution < -0.4 is 10.6 Å². The minimum absolute atomic E-state index is 0.303. The van der Waals surface area contributed by atoms with Gasteiger partial charge in [-0.1, -0.05) is 42.1 Å². The Morgan fingerprint density at radius 2 is 1.82 bits per heavy atom. The van der Waals surface area contributed by atoms with Gasteiger partial charge in [-0.15, -0.1) is 0 Å². The number of para-hydroxylation sites is 2. The highest BCUT2D eigenvalue weighted by Gasteiger charge is 2.45. The van der Waals surface area contributed by atoms with Gasteiger partial charge in [-0.25, -0.2) is 0 Å². The number of hydrogen-bond acceptors (Lipinski definition) is 3. The molecule has 0 aromatic heterocycles. The first-order valence-electron chi connectivity index (χ1n) is 6.97. The van der Waals surface area contributed by atoms with E-state index in [9.17, 15) is 9.59 Å². The van der Waals surface area contributed by atoms with Crippen molar-refractivity contribution in [3.05, 3.63) is 54.1 Å². The zero-order chi connectivity index (χ0) is 15.7. The summed E-state index contributed by atoms with van der Waals surface area (Å²) < 4.78 is -1.20. The summed E-state index contributed by atoms with van der Waals surface area (Å²) in [5.74, 6) is -0.624. The van der Waals surface area contributed by atoms with Gasteiger partial charge < -0.3 is 10.6 Å². The minimum Gasteiger partial charge on any atom is -0.324 e. The molecule has 2 amide bonds. The van der Waals surface area contributed by atoms with Crippen LogP contribution in [0, 0.1) is 6.92 Å². The van der Waals surface area contributed by atoms with Gasteiger partial charge in [-0.05, 0) is 37.6 Å². The number of aryl methyl sites for hydroxylation is 1. The van der Waals surface area contributed by atoms with Crippen LogP contribution >= 0.6 is 11.8 Å². The molecular formula is C17H16N2O2S.